The normalized spacial score (nSPS) is 15.9. The predicted octanol–water partition coefficient (Wildman–Crippen LogP) is 3.01. The van der Waals surface area contributed by atoms with E-state index in [0.29, 0.717) is 0 Å². The summed E-state index contributed by atoms with van der Waals surface area (Å²) in [6.07, 6.45) is 0.0202. The second kappa shape index (κ2) is 4.47. The van der Waals surface area contributed by atoms with Gasteiger partial charge in [-0.2, -0.15) is 13.2 Å². The molecular weight excluding hydrogens is 231 g/mol. The van der Waals surface area contributed by atoms with E-state index in [1.165, 1.54) is 6.20 Å². The van der Waals surface area contributed by atoms with Gasteiger partial charge in [0.1, 0.15) is 5.78 Å². The van der Waals surface area contributed by atoms with E-state index in [2.05, 4.69) is 4.98 Å². The van der Waals surface area contributed by atoms with E-state index in [1.54, 1.807) is 0 Å². The molecule has 2 nitrogen and oxygen atoms in total. The first-order chi connectivity index (χ1) is 7.98. The third-order valence-corrected chi connectivity index (χ3v) is 2.88. The van der Waals surface area contributed by atoms with Crippen molar-refractivity contribution in [1.29, 1.82) is 0 Å². The molecule has 0 amide bonds. The molecule has 92 valence electrons. The van der Waals surface area contributed by atoms with Crippen molar-refractivity contribution in [3.63, 3.8) is 0 Å². The van der Waals surface area contributed by atoms with E-state index in [9.17, 15) is 18.0 Å². The van der Waals surface area contributed by atoms with Crippen molar-refractivity contribution in [1.82, 2.24) is 4.98 Å². The number of pyridine rings is 1. The summed E-state index contributed by atoms with van der Waals surface area (Å²) in [5.41, 5.74) is -0.579. The van der Waals surface area contributed by atoms with Crippen LogP contribution in [0.4, 0.5) is 13.2 Å². The summed E-state index contributed by atoms with van der Waals surface area (Å²) in [6.45, 7) is 0. The van der Waals surface area contributed by atoms with E-state index in [-0.39, 0.29) is 30.1 Å². The fraction of sp³-hybridized carbons (Fsp3) is 0.500. The maximum absolute atomic E-state index is 12.6. The zero-order chi connectivity index (χ0) is 12.5. The Morgan fingerprint density at radius 2 is 2.12 bits per heavy atom. The largest absolute Gasteiger partial charge is 0.416 e. The highest BCUT2D eigenvalue weighted by atomic mass is 19.4. The highest BCUT2D eigenvalue weighted by Gasteiger charge is 2.34. The van der Waals surface area contributed by atoms with Gasteiger partial charge in [-0.25, -0.2) is 0 Å². The summed E-state index contributed by atoms with van der Waals surface area (Å²) < 4.78 is 37.9. The third kappa shape index (κ3) is 3.05. The van der Waals surface area contributed by atoms with Gasteiger partial charge in [-0.15, -0.1) is 0 Å². The van der Waals surface area contributed by atoms with Gasteiger partial charge in [0.25, 0.3) is 0 Å². The summed E-state index contributed by atoms with van der Waals surface area (Å²) >= 11 is 0. The van der Waals surface area contributed by atoms with Crippen molar-refractivity contribution >= 4 is 5.78 Å². The lowest BCUT2D eigenvalue weighted by Crippen LogP contribution is -2.11. The summed E-state index contributed by atoms with van der Waals surface area (Å²) in [4.78, 5) is 15.1. The van der Waals surface area contributed by atoms with E-state index >= 15 is 0 Å². The fourth-order valence-corrected chi connectivity index (χ4v) is 1.77. The Hall–Kier alpha value is -1.39. The van der Waals surface area contributed by atoms with Gasteiger partial charge in [0.15, 0.2) is 0 Å². The molecule has 17 heavy (non-hydrogen) atoms. The maximum atomic E-state index is 12.6. The van der Waals surface area contributed by atoms with Crippen molar-refractivity contribution in [2.24, 2.45) is 5.92 Å². The lowest BCUT2D eigenvalue weighted by Gasteiger charge is -2.11. The van der Waals surface area contributed by atoms with Crippen LogP contribution in [0.25, 0.3) is 0 Å². The molecule has 0 N–H and O–H groups in total. The summed E-state index contributed by atoms with van der Waals surface area (Å²) in [6, 6.07) is 0.955. The Labute approximate surface area is 96.9 Å². The standard InChI is InChI=1S/C12H12F3NO/c13-12(14,15)10-5-6-16-7-9(10)3-4-11(17)8-1-2-8/h5-8H,1-4H2. The van der Waals surface area contributed by atoms with Crippen LogP contribution in [0.15, 0.2) is 18.5 Å². The number of hydrogen-bond acceptors (Lipinski definition) is 2. The highest BCUT2D eigenvalue weighted by molar-refractivity contribution is 5.83. The topological polar surface area (TPSA) is 30.0 Å². The minimum Gasteiger partial charge on any atom is -0.299 e. The number of carbonyl (C=O) groups is 1. The molecule has 0 spiro atoms. The van der Waals surface area contributed by atoms with Gasteiger partial charge in [0.2, 0.25) is 0 Å². The molecule has 1 heterocycles. The number of halogens is 3. The molecule has 1 aliphatic rings. The molecule has 5 heteroatoms. The zero-order valence-electron chi connectivity index (χ0n) is 9.13. The van der Waals surface area contributed by atoms with Crippen LogP contribution in [-0.2, 0) is 17.4 Å². The third-order valence-electron chi connectivity index (χ3n) is 2.88. The molecule has 0 radical (unpaired) electrons. The van der Waals surface area contributed by atoms with Gasteiger partial charge in [-0.3, -0.25) is 9.78 Å². The molecule has 1 fully saturated rings. The Bertz CT molecular complexity index is 424. The van der Waals surface area contributed by atoms with Crippen molar-refractivity contribution in [2.75, 3.05) is 0 Å². The Kier molecular flexibility index (Phi) is 3.17. The maximum Gasteiger partial charge on any atom is 0.416 e. The van der Waals surface area contributed by atoms with Gasteiger partial charge < -0.3 is 0 Å². The Morgan fingerprint density at radius 1 is 1.41 bits per heavy atom. The van der Waals surface area contributed by atoms with Gasteiger partial charge in [-0.05, 0) is 30.9 Å². The van der Waals surface area contributed by atoms with Crippen molar-refractivity contribution < 1.29 is 18.0 Å². The molecule has 0 bridgehead atoms. The van der Waals surface area contributed by atoms with Crippen molar-refractivity contribution in [3.8, 4) is 0 Å². The number of nitrogens with zero attached hydrogens (tertiary/aromatic N) is 1. The minimum atomic E-state index is -4.37. The number of alkyl halides is 3. The van der Waals surface area contributed by atoms with E-state index in [4.69, 9.17) is 0 Å². The molecule has 0 aromatic carbocycles. The van der Waals surface area contributed by atoms with Crippen LogP contribution in [0.5, 0.6) is 0 Å². The van der Waals surface area contributed by atoms with E-state index in [1.807, 2.05) is 0 Å². The highest BCUT2D eigenvalue weighted by Crippen LogP contribution is 2.34. The van der Waals surface area contributed by atoms with Crippen LogP contribution in [0.3, 0.4) is 0 Å². The monoisotopic (exact) mass is 243 g/mol. The van der Waals surface area contributed by atoms with Crippen molar-refractivity contribution in [2.45, 2.75) is 31.9 Å². The van der Waals surface area contributed by atoms with E-state index < -0.39 is 11.7 Å². The number of ketones is 1. The SMILES string of the molecule is O=C(CCc1cnccc1C(F)(F)F)C1CC1. The lowest BCUT2D eigenvalue weighted by atomic mass is 10.0. The van der Waals surface area contributed by atoms with Crippen LogP contribution in [0.2, 0.25) is 0 Å². The van der Waals surface area contributed by atoms with Gasteiger partial charge in [0, 0.05) is 24.7 Å². The quantitative estimate of drug-likeness (QED) is 0.813. The zero-order valence-corrected chi connectivity index (χ0v) is 9.13. The number of aryl methyl sites for hydroxylation is 1. The Balaban J connectivity index is 2.06. The van der Waals surface area contributed by atoms with Gasteiger partial charge in [-0.1, -0.05) is 0 Å². The molecule has 0 saturated heterocycles. The van der Waals surface area contributed by atoms with Gasteiger partial charge >= 0.3 is 6.18 Å². The Morgan fingerprint density at radius 3 is 2.71 bits per heavy atom. The smallest absolute Gasteiger partial charge is 0.299 e. The first-order valence-electron chi connectivity index (χ1n) is 5.51. The molecule has 1 saturated carbocycles. The number of rotatable bonds is 4. The summed E-state index contributed by atoms with van der Waals surface area (Å²) in [5.74, 6) is 0.169. The molecule has 0 aliphatic heterocycles. The molecule has 0 unspecified atom stereocenters. The fourth-order valence-electron chi connectivity index (χ4n) is 1.77. The number of carbonyl (C=O) groups excluding carboxylic acids is 1. The molecule has 1 aromatic heterocycles. The van der Waals surface area contributed by atoms with Crippen LogP contribution < -0.4 is 0 Å². The van der Waals surface area contributed by atoms with Crippen LogP contribution in [0, 0.1) is 5.92 Å². The minimum absolute atomic E-state index is 0.0713. The van der Waals surface area contributed by atoms with E-state index in [0.717, 1.165) is 25.1 Å². The predicted molar refractivity (Wildman–Crippen MR) is 55.3 cm³/mol. The van der Waals surface area contributed by atoms with Crippen LogP contribution >= 0.6 is 0 Å². The molecule has 0 atom stereocenters. The number of Topliss-reactive ketones (excluding diaryl/α,β-unsaturated/α-hetero) is 1. The first kappa shape index (κ1) is 12.1. The molecular formula is C12H12F3NO. The van der Waals surface area contributed by atoms with Crippen LogP contribution in [0.1, 0.15) is 30.4 Å². The lowest BCUT2D eigenvalue weighted by molar-refractivity contribution is -0.138. The van der Waals surface area contributed by atoms with Crippen molar-refractivity contribution in [3.05, 3.63) is 29.6 Å². The first-order valence-corrected chi connectivity index (χ1v) is 5.51. The number of aromatic nitrogens is 1. The molecule has 1 aliphatic carbocycles. The average molecular weight is 243 g/mol. The van der Waals surface area contributed by atoms with Crippen LogP contribution in [-0.4, -0.2) is 10.8 Å². The average Bonchev–Trinajstić information content (AvgIpc) is 3.08. The summed E-state index contributed by atoms with van der Waals surface area (Å²) in [7, 11) is 0. The second-order valence-electron chi connectivity index (χ2n) is 4.27. The summed E-state index contributed by atoms with van der Waals surface area (Å²) in [5, 5.41) is 0. The molecule has 2 rings (SSSR count). The van der Waals surface area contributed by atoms with Gasteiger partial charge in [0.05, 0.1) is 5.56 Å². The molecule has 1 aromatic rings. The second-order valence-corrected chi connectivity index (χ2v) is 4.27. The number of hydrogen-bond donors (Lipinski definition) is 0.